The summed E-state index contributed by atoms with van der Waals surface area (Å²) in [5.41, 5.74) is 0. The van der Waals surface area contributed by atoms with E-state index in [1.807, 2.05) is 6.92 Å². The number of ether oxygens (including phenoxy) is 2. The van der Waals surface area contributed by atoms with Crippen molar-refractivity contribution in [2.45, 2.75) is 44.8 Å². The predicted octanol–water partition coefficient (Wildman–Crippen LogP) is 2.23. The van der Waals surface area contributed by atoms with Gasteiger partial charge in [0, 0.05) is 32.5 Å². The van der Waals surface area contributed by atoms with E-state index in [2.05, 4.69) is 13.8 Å². The molecule has 1 heterocycles. The van der Waals surface area contributed by atoms with Gasteiger partial charge >= 0.3 is 8.80 Å². The molecule has 0 spiro atoms. The average molecular weight is 292 g/mol. The summed E-state index contributed by atoms with van der Waals surface area (Å²) in [4.78, 5) is 0. The van der Waals surface area contributed by atoms with Crippen molar-refractivity contribution < 1.29 is 22.8 Å². The Hall–Kier alpha value is 0.0169. The molecule has 0 N–H and O–H groups in total. The molecule has 114 valence electrons. The van der Waals surface area contributed by atoms with Crippen LogP contribution < -0.4 is 0 Å². The summed E-state index contributed by atoms with van der Waals surface area (Å²) < 4.78 is 27.8. The van der Waals surface area contributed by atoms with Crippen LogP contribution in [-0.2, 0) is 22.8 Å². The van der Waals surface area contributed by atoms with Gasteiger partial charge in [0.2, 0.25) is 0 Å². The summed E-state index contributed by atoms with van der Waals surface area (Å²) in [5, 5.41) is -0.119. The van der Waals surface area contributed by atoms with E-state index >= 15 is 0 Å². The molecule has 1 fully saturated rings. The van der Waals surface area contributed by atoms with Crippen LogP contribution in [0.3, 0.4) is 0 Å². The standard InChI is InChI=1S/C13H28O5Si/c1-6-18-19(14-4,15-5)13(2,3)8-7-9-16-10-12-11-17-12/h12H,6-11H2,1-5H3. The van der Waals surface area contributed by atoms with Crippen LogP contribution >= 0.6 is 0 Å². The molecule has 1 unspecified atom stereocenters. The highest BCUT2D eigenvalue weighted by molar-refractivity contribution is 6.64. The minimum atomic E-state index is -2.62. The molecule has 19 heavy (non-hydrogen) atoms. The van der Waals surface area contributed by atoms with Gasteiger partial charge in [-0.05, 0) is 19.8 Å². The summed E-state index contributed by atoms with van der Waals surface area (Å²) >= 11 is 0. The number of hydrogen-bond donors (Lipinski definition) is 0. The molecule has 0 aromatic carbocycles. The Balaban J connectivity index is 2.36. The lowest BCUT2D eigenvalue weighted by Crippen LogP contribution is -2.53. The summed E-state index contributed by atoms with van der Waals surface area (Å²) in [6.07, 6.45) is 2.25. The zero-order valence-electron chi connectivity index (χ0n) is 12.9. The molecule has 0 radical (unpaired) electrons. The molecule has 0 bridgehead atoms. The van der Waals surface area contributed by atoms with Crippen molar-refractivity contribution in [3.05, 3.63) is 0 Å². The summed E-state index contributed by atoms with van der Waals surface area (Å²) in [7, 11) is 0.728. The van der Waals surface area contributed by atoms with Crippen LogP contribution in [0.4, 0.5) is 0 Å². The minimum Gasteiger partial charge on any atom is -0.379 e. The van der Waals surface area contributed by atoms with Crippen LogP contribution in [0.2, 0.25) is 5.04 Å². The van der Waals surface area contributed by atoms with E-state index < -0.39 is 8.80 Å². The van der Waals surface area contributed by atoms with Crippen LogP contribution in [0, 0.1) is 0 Å². The fourth-order valence-electron chi connectivity index (χ4n) is 2.29. The molecular formula is C13H28O5Si. The van der Waals surface area contributed by atoms with E-state index in [0.29, 0.717) is 19.3 Å². The normalized spacial score (nSPS) is 19.7. The maximum absolute atomic E-state index is 5.83. The predicted molar refractivity (Wildman–Crippen MR) is 75.2 cm³/mol. The first kappa shape index (κ1) is 17.1. The highest BCUT2D eigenvalue weighted by Gasteiger charge is 2.53. The number of epoxide rings is 1. The van der Waals surface area contributed by atoms with E-state index in [0.717, 1.165) is 26.1 Å². The van der Waals surface area contributed by atoms with Crippen LogP contribution in [-0.4, -0.2) is 55.6 Å². The first-order chi connectivity index (χ1) is 9.01. The molecule has 0 saturated carbocycles. The molecule has 0 aromatic rings. The Morgan fingerprint density at radius 2 is 1.89 bits per heavy atom. The SMILES string of the molecule is CCO[Si](OC)(OC)C(C)(C)CCCOCC1CO1. The fraction of sp³-hybridized carbons (Fsp3) is 1.00. The maximum atomic E-state index is 5.83. The Kier molecular flexibility index (Phi) is 6.92. The lowest BCUT2D eigenvalue weighted by Gasteiger charge is -2.39. The Morgan fingerprint density at radius 1 is 1.26 bits per heavy atom. The van der Waals surface area contributed by atoms with E-state index in [-0.39, 0.29) is 5.04 Å². The summed E-state index contributed by atoms with van der Waals surface area (Å²) in [6, 6.07) is 0. The third-order valence-electron chi connectivity index (χ3n) is 3.50. The highest BCUT2D eigenvalue weighted by Crippen LogP contribution is 2.42. The van der Waals surface area contributed by atoms with Crippen molar-refractivity contribution in [1.82, 2.24) is 0 Å². The molecule has 1 aliphatic rings. The van der Waals surface area contributed by atoms with Gasteiger partial charge in [-0.25, -0.2) is 0 Å². The first-order valence-electron chi connectivity index (χ1n) is 6.95. The average Bonchev–Trinajstić information content (AvgIpc) is 3.19. The quantitative estimate of drug-likeness (QED) is 0.332. The molecule has 1 atom stereocenters. The lowest BCUT2D eigenvalue weighted by atomic mass is 10.1. The fourth-order valence-corrected chi connectivity index (χ4v) is 5.05. The van der Waals surface area contributed by atoms with Crippen molar-refractivity contribution in [2.75, 3.05) is 40.6 Å². The lowest BCUT2D eigenvalue weighted by molar-refractivity contribution is 0.0698. The Bertz CT molecular complexity index is 251. The van der Waals surface area contributed by atoms with Gasteiger partial charge in [-0.1, -0.05) is 13.8 Å². The van der Waals surface area contributed by atoms with Crippen molar-refractivity contribution in [3.8, 4) is 0 Å². The summed E-state index contributed by atoms with van der Waals surface area (Å²) in [5.74, 6) is 0. The third kappa shape index (κ3) is 4.80. The zero-order valence-corrected chi connectivity index (χ0v) is 13.9. The van der Waals surface area contributed by atoms with Crippen LogP contribution in [0.15, 0.2) is 0 Å². The molecule has 1 rings (SSSR count). The topological polar surface area (TPSA) is 49.5 Å². The zero-order chi connectivity index (χ0) is 14.4. The van der Waals surface area contributed by atoms with Crippen molar-refractivity contribution in [2.24, 2.45) is 0 Å². The Morgan fingerprint density at radius 3 is 2.37 bits per heavy atom. The first-order valence-corrected chi connectivity index (χ1v) is 8.67. The van der Waals surface area contributed by atoms with Crippen LogP contribution in [0.25, 0.3) is 0 Å². The van der Waals surface area contributed by atoms with Crippen LogP contribution in [0.1, 0.15) is 33.6 Å². The molecule has 0 amide bonds. The maximum Gasteiger partial charge on any atom is 0.506 e. The molecular weight excluding hydrogens is 264 g/mol. The summed E-state index contributed by atoms with van der Waals surface area (Å²) in [6.45, 7) is 9.16. The van der Waals surface area contributed by atoms with Crippen molar-refractivity contribution >= 4 is 8.80 Å². The van der Waals surface area contributed by atoms with E-state index in [1.54, 1.807) is 14.2 Å². The van der Waals surface area contributed by atoms with Gasteiger partial charge in [-0.3, -0.25) is 0 Å². The van der Waals surface area contributed by atoms with Crippen molar-refractivity contribution in [1.29, 1.82) is 0 Å². The van der Waals surface area contributed by atoms with Gasteiger partial charge in [0.15, 0.2) is 0 Å². The van der Waals surface area contributed by atoms with E-state index in [9.17, 15) is 0 Å². The molecule has 1 aliphatic heterocycles. The highest BCUT2D eigenvalue weighted by atomic mass is 28.4. The second kappa shape index (κ2) is 7.71. The second-order valence-corrected chi connectivity index (χ2v) is 8.99. The molecule has 6 heteroatoms. The van der Waals surface area contributed by atoms with Gasteiger partial charge < -0.3 is 22.8 Å². The van der Waals surface area contributed by atoms with E-state index in [4.69, 9.17) is 22.8 Å². The smallest absolute Gasteiger partial charge is 0.379 e. The van der Waals surface area contributed by atoms with Crippen LogP contribution in [0.5, 0.6) is 0 Å². The van der Waals surface area contributed by atoms with Gasteiger partial charge in [0.05, 0.1) is 13.2 Å². The Labute approximate surface area is 117 Å². The number of hydrogen-bond acceptors (Lipinski definition) is 5. The third-order valence-corrected chi connectivity index (χ3v) is 7.15. The largest absolute Gasteiger partial charge is 0.506 e. The molecule has 1 saturated heterocycles. The minimum absolute atomic E-state index is 0.119. The van der Waals surface area contributed by atoms with E-state index in [1.165, 1.54) is 0 Å². The van der Waals surface area contributed by atoms with Gasteiger partial charge in [0.25, 0.3) is 0 Å². The second-order valence-electron chi connectivity index (χ2n) is 5.42. The molecule has 0 aliphatic carbocycles. The monoisotopic (exact) mass is 292 g/mol. The van der Waals surface area contributed by atoms with Gasteiger partial charge in [-0.15, -0.1) is 0 Å². The van der Waals surface area contributed by atoms with Gasteiger partial charge in [0.1, 0.15) is 6.10 Å². The molecule has 0 aromatic heterocycles. The van der Waals surface area contributed by atoms with Gasteiger partial charge in [-0.2, -0.15) is 0 Å². The van der Waals surface area contributed by atoms with Crippen molar-refractivity contribution in [3.63, 3.8) is 0 Å². The molecule has 5 nitrogen and oxygen atoms in total. The number of rotatable bonds is 11.